The molecular formula is C106H149Cl3O3. The first-order chi connectivity index (χ1) is 51.3. The molecule has 10 rings (SSSR count). The third-order valence-corrected chi connectivity index (χ3v) is 19.1. The standard InChI is InChI=1S/3C11H16O.3C11H16.3C10H13Cl.C10H14/c1-11(2,3)9-5-7-10(12-4)8-6-9;1-11(2,3)9-6-5-7-10(8-9)12-4;1-11(2,3)9-7-5-6-8-10(9)12-4;1-9-5-7-10(8-6-9)11(2,3)4;1-9-6-5-7-10(8-9)11(2,3)4;1-9-7-5-6-8-10(9)11(2,3)4;1-10(2,3)8-4-6-9(11)7-5-8;1-10(2,3)8-5-4-6-9(11)7-8;1-10(2,3)8-6-4-5-7-9(8)11;1-10(2,3)9-7-5-4-6-8-9/h3*5-8H,1-4H3;3*5-8H,1-4H3;3*4-7H,1-3H3;4-8H,1-3H3. The summed E-state index contributed by atoms with van der Waals surface area (Å²) in [6.07, 6.45) is 0. The van der Waals surface area contributed by atoms with Crippen molar-refractivity contribution in [1.82, 2.24) is 0 Å². The number of methoxy groups -OCH3 is 3. The molecule has 112 heavy (non-hydrogen) atoms. The van der Waals surface area contributed by atoms with Gasteiger partial charge >= 0.3 is 0 Å². The summed E-state index contributed by atoms with van der Waals surface area (Å²) in [5, 5.41) is 2.48. The van der Waals surface area contributed by atoms with Crippen LogP contribution in [0.4, 0.5) is 0 Å². The number of rotatable bonds is 3. The molecule has 0 heterocycles. The molecule has 0 saturated carbocycles. The Balaban J connectivity index is 0.000000622. The molecule has 10 aromatic rings. The fourth-order valence-corrected chi connectivity index (χ4v) is 11.7. The van der Waals surface area contributed by atoms with E-state index in [9.17, 15) is 0 Å². The average Bonchev–Trinajstić information content (AvgIpc) is 0.801. The highest BCUT2D eigenvalue weighted by Gasteiger charge is 2.21. The number of para-hydroxylation sites is 1. The molecule has 0 saturated heterocycles. The average molecular weight is 1580 g/mol. The van der Waals surface area contributed by atoms with Crippen LogP contribution in [-0.2, 0) is 54.1 Å². The maximum atomic E-state index is 6.01. The first-order valence-electron chi connectivity index (χ1n) is 39.7. The molecule has 0 atom stereocenters. The van der Waals surface area contributed by atoms with Gasteiger partial charge in [-0.25, -0.2) is 0 Å². The SMILES string of the molecule is CC(C)(C)c1ccc(Cl)cc1.CC(C)(C)c1cccc(Cl)c1.CC(C)(C)c1ccccc1.CC(C)(C)c1ccccc1Cl.COc1ccc(C(C)(C)C)cc1.COc1cccc(C(C)(C)C)c1.COc1ccccc1C(C)(C)C.Cc1ccc(C(C)(C)C)cc1.Cc1cccc(C(C)(C)C)c1.Cc1ccccc1C(C)(C)C. The van der Waals surface area contributed by atoms with E-state index in [4.69, 9.17) is 49.0 Å². The zero-order valence-electron chi connectivity index (χ0n) is 76.5. The van der Waals surface area contributed by atoms with Gasteiger partial charge in [0.2, 0.25) is 0 Å². The van der Waals surface area contributed by atoms with Crippen molar-refractivity contribution in [2.24, 2.45) is 0 Å². The molecule has 3 nitrogen and oxygen atoms in total. The normalized spacial score (nSPS) is 11.5. The van der Waals surface area contributed by atoms with Gasteiger partial charge in [0.05, 0.1) is 21.3 Å². The van der Waals surface area contributed by atoms with Crippen LogP contribution in [0.5, 0.6) is 17.2 Å². The summed E-state index contributed by atoms with van der Waals surface area (Å²) in [6, 6.07) is 85.1. The minimum atomic E-state index is 0.151. The Labute approximate surface area is 701 Å². The lowest BCUT2D eigenvalue weighted by atomic mass is 9.84. The Morgan fingerprint density at radius 3 is 0.848 bits per heavy atom. The van der Waals surface area contributed by atoms with Gasteiger partial charge in [0.1, 0.15) is 17.2 Å². The van der Waals surface area contributed by atoms with Crippen molar-refractivity contribution >= 4 is 34.8 Å². The van der Waals surface area contributed by atoms with E-state index in [1.54, 1.807) is 21.3 Å². The molecule has 612 valence electrons. The first kappa shape index (κ1) is 102. The molecule has 0 unspecified atom stereocenters. The van der Waals surface area contributed by atoms with Gasteiger partial charge < -0.3 is 14.2 Å². The van der Waals surface area contributed by atoms with Crippen molar-refractivity contribution in [3.63, 3.8) is 0 Å². The molecule has 6 heteroatoms. The quantitative estimate of drug-likeness (QED) is 0.176. The van der Waals surface area contributed by atoms with Gasteiger partial charge in [0.25, 0.3) is 0 Å². The smallest absolute Gasteiger partial charge is 0.122 e. The Hall–Kier alpha value is -7.53. The van der Waals surface area contributed by atoms with Gasteiger partial charge in [-0.05, 0) is 197 Å². The first-order valence-corrected chi connectivity index (χ1v) is 40.9. The molecule has 0 aromatic heterocycles. The topological polar surface area (TPSA) is 27.7 Å². The second-order valence-corrected chi connectivity index (χ2v) is 40.4. The lowest BCUT2D eigenvalue weighted by Crippen LogP contribution is -2.12. The summed E-state index contributed by atoms with van der Waals surface area (Å²) in [7, 11) is 5.10. The second-order valence-electron chi connectivity index (χ2n) is 39.1. The largest absolute Gasteiger partial charge is 0.497 e. The summed E-state index contributed by atoms with van der Waals surface area (Å²) in [5.74, 6) is 2.83. The monoisotopic (exact) mass is 1580 g/mol. The highest BCUT2D eigenvalue weighted by Crippen LogP contribution is 2.34. The fraction of sp³-hybridized carbons (Fsp3) is 0.434. The van der Waals surface area contributed by atoms with Crippen molar-refractivity contribution in [1.29, 1.82) is 0 Å². The van der Waals surface area contributed by atoms with Crippen molar-refractivity contribution in [3.05, 3.63) is 336 Å². The minimum absolute atomic E-state index is 0.151. The molecule has 0 fully saturated rings. The summed E-state index contributed by atoms with van der Waals surface area (Å²) in [6.45, 7) is 72.6. The summed E-state index contributed by atoms with van der Waals surface area (Å²) < 4.78 is 15.5. The van der Waals surface area contributed by atoms with E-state index >= 15 is 0 Å². The third kappa shape index (κ3) is 41.5. The Morgan fingerprint density at radius 1 is 0.205 bits per heavy atom. The van der Waals surface area contributed by atoms with E-state index in [-0.39, 0.29) is 48.7 Å². The van der Waals surface area contributed by atoms with Gasteiger partial charge in [0, 0.05) is 15.1 Å². The highest BCUT2D eigenvalue weighted by atomic mass is 35.5. The molecule has 0 aliphatic carbocycles. The number of hydrogen-bond donors (Lipinski definition) is 0. The van der Waals surface area contributed by atoms with Gasteiger partial charge in [-0.1, -0.05) is 442 Å². The van der Waals surface area contributed by atoms with Crippen LogP contribution in [-0.4, -0.2) is 21.3 Å². The Kier molecular flexibility index (Phi) is 42.2. The van der Waals surface area contributed by atoms with E-state index in [0.717, 1.165) is 32.3 Å². The maximum Gasteiger partial charge on any atom is 0.122 e. The predicted octanol–water partition coefficient (Wildman–Crippen LogP) is 32.8. The number of benzene rings is 10. The summed E-state index contributed by atoms with van der Waals surface area (Å²) in [5.41, 5.74) is 19.8. The van der Waals surface area contributed by atoms with Crippen LogP contribution >= 0.6 is 34.8 Å². The van der Waals surface area contributed by atoms with Crippen LogP contribution in [0.3, 0.4) is 0 Å². The van der Waals surface area contributed by atoms with E-state index in [1.807, 2.05) is 91.0 Å². The minimum Gasteiger partial charge on any atom is -0.497 e. The van der Waals surface area contributed by atoms with Crippen LogP contribution in [0.15, 0.2) is 249 Å². The molecule has 0 aliphatic heterocycles. The van der Waals surface area contributed by atoms with Crippen LogP contribution in [0.1, 0.15) is 280 Å². The van der Waals surface area contributed by atoms with Crippen LogP contribution in [0.25, 0.3) is 0 Å². The molecule has 0 aliphatic rings. The maximum absolute atomic E-state index is 6.01. The second kappa shape index (κ2) is 46.1. The molecule has 0 bridgehead atoms. The van der Waals surface area contributed by atoms with Crippen molar-refractivity contribution in [3.8, 4) is 17.2 Å². The number of halogens is 3. The van der Waals surface area contributed by atoms with Crippen LogP contribution in [0, 0.1) is 20.8 Å². The van der Waals surface area contributed by atoms with E-state index < -0.39 is 0 Å². The van der Waals surface area contributed by atoms with Crippen molar-refractivity contribution < 1.29 is 14.2 Å². The third-order valence-electron chi connectivity index (χ3n) is 18.3. The Bertz CT molecular complexity index is 4060. The van der Waals surface area contributed by atoms with Gasteiger partial charge in [-0.3, -0.25) is 0 Å². The predicted molar refractivity (Wildman–Crippen MR) is 500 cm³/mol. The summed E-state index contributed by atoms with van der Waals surface area (Å²) >= 11 is 17.6. The van der Waals surface area contributed by atoms with Crippen LogP contribution in [0.2, 0.25) is 15.1 Å². The van der Waals surface area contributed by atoms with Crippen molar-refractivity contribution in [2.45, 2.75) is 283 Å². The van der Waals surface area contributed by atoms with Gasteiger partial charge in [-0.15, -0.1) is 0 Å². The lowest BCUT2D eigenvalue weighted by molar-refractivity contribution is 0.397. The fourth-order valence-electron chi connectivity index (χ4n) is 10.9. The van der Waals surface area contributed by atoms with Gasteiger partial charge in [-0.2, -0.15) is 0 Å². The van der Waals surface area contributed by atoms with E-state index in [2.05, 4.69) is 386 Å². The summed E-state index contributed by atoms with van der Waals surface area (Å²) in [4.78, 5) is 0. The molecule has 10 aromatic carbocycles. The molecular weight excluding hydrogens is 1430 g/mol. The lowest BCUT2D eigenvalue weighted by Gasteiger charge is -2.21. The number of hydrogen-bond acceptors (Lipinski definition) is 3. The zero-order chi connectivity index (χ0) is 86.1. The number of ether oxygens (including phenoxy) is 3. The number of aryl methyl sites for hydroxylation is 3. The molecule has 0 radical (unpaired) electrons. The van der Waals surface area contributed by atoms with Crippen molar-refractivity contribution in [2.75, 3.05) is 21.3 Å². The zero-order valence-corrected chi connectivity index (χ0v) is 78.8. The molecule has 0 spiro atoms. The molecule has 0 amide bonds. The van der Waals surface area contributed by atoms with E-state index in [1.165, 1.54) is 72.3 Å². The van der Waals surface area contributed by atoms with E-state index in [0.29, 0.717) is 5.41 Å². The molecule has 0 N–H and O–H groups in total. The van der Waals surface area contributed by atoms with Gasteiger partial charge in [0.15, 0.2) is 0 Å². The van der Waals surface area contributed by atoms with Crippen LogP contribution < -0.4 is 14.2 Å². The Morgan fingerprint density at radius 2 is 0.527 bits per heavy atom. The highest BCUT2D eigenvalue weighted by molar-refractivity contribution is 6.31.